The molecule has 0 unspecified atom stereocenters. The fourth-order valence-corrected chi connectivity index (χ4v) is 2.50. The van der Waals surface area contributed by atoms with E-state index >= 15 is 0 Å². The Morgan fingerprint density at radius 1 is 1.24 bits per heavy atom. The lowest BCUT2D eigenvalue weighted by Crippen LogP contribution is -2.05. The number of aromatic nitrogens is 1. The van der Waals surface area contributed by atoms with Crippen LogP contribution in [-0.4, -0.2) is 19.7 Å². The van der Waals surface area contributed by atoms with Gasteiger partial charge in [-0.15, -0.1) is 0 Å². The number of hydrogen-bond donors (Lipinski definition) is 1. The number of nitrogens with one attached hydrogen (secondary N) is 1. The van der Waals surface area contributed by atoms with Crippen molar-refractivity contribution in [3.05, 3.63) is 53.2 Å². The maximum absolute atomic E-state index is 11.4. The molecule has 5 nitrogen and oxygen atoms in total. The van der Waals surface area contributed by atoms with Crippen molar-refractivity contribution in [1.29, 1.82) is 5.26 Å². The summed E-state index contributed by atoms with van der Waals surface area (Å²) in [6.07, 6.45) is 2.82. The molecule has 1 aromatic carbocycles. The van der Waals surface area contributed by atoms with Crippen LogP contribution in [0, 0.1) is 18.3 Å². The highest BCUT2D eigenvalue weighted by atomic mass is 32.2. The molecule has 0 spiro atoms. The van der Waals surface area contributed by atoms with Crippen molar-refractivity contribution in [2.45, 2.75) is 18.4 Å². The van der Waals surface area contributed by atoms with Crippen LogP contribution in [0.15, 0.2) is 41.4 Å². The molecule has 108 valence electrons. The molecule has 0 amide bonds. The van der Waals surface area contributed by atoms with Crippen LogP contribution in [0.4, 0.5) is 5.82 Å². The van der Waals surface area contributed by atoms with Crippen LogP contribution in [0.25, 0.3) is 0 Å². The maximum atomic E-state index is 11.4. The predicted octanol–water partition coefficient (Wildman–Crippen LogP) is 2.28. The van der Waals surface area contributed by atoms with Gasteiger partial charge in [0.05, 0.1) is 10.5 Å². The van der Waals surface area contributed by atoms with Crippen molar-refractivity contribution >= 4 is 15.7 Å². The van der Waals surface area contributed by atoms with Crippen molar-refractivity contribution < 1.29 is 8.42 Å². The van der Waals surface area contributed by atoms with Crippen molar-refractivity contribution in [3.63, 3.8) is 0 Å². The molecule has 0 aliphatic rings. The molecule has 2 aromatic rings. The molecule has 1 aromatic heterocycles. The SMILES string of the molecule is Cc1ccnc(NCc2ccc(S(C)(=O)=O)cc2)c1C#N. The fraction of sp³-hybridized carbons (Fsp3) is 0.200. The van der Waals surface area contributed by atoms with Gasteiger partial charge in [-0.3, -0.25) is 0 Å². The summed E-state index contributed by atoms with van der Waals surface area (Å²) in [6.45, 7) is 2.32. The van der Waals surface area contributed by atoms with Crippen molar-refractivity contribution in [1.82, 2.24) is 4.98 Å². The first-order chi connectivity index (χ1) is 9.91. The highest BCUT2D eigenvalue weighted by Gasteiger charge is 2.08. The number of anilines is 1. The molecule has 0 bridgehead atoms. The fourth-order valence-electron chi connectivity index (χ4n) is 1.87. The zero-order valence-corrected chi connectivity index (χ0v) is 12.6. The number of aryl methyl sites for hydroxylation is 1. The minimum atomic E-state index is -3.18. The smallest absolute Gasteiger partial charge is 0.175 e. The van der Waals surface area contributed by atoms with Gasteiger partial charge in [0.15, 0.2) is 9.84 Å². The monoisotopic (exact) mass is 301 g/mol. The summed E-state index contributed by atoms with van der Waals surface area (Å²) in [5.74, 6) is 0.532. The van der Waals surface area contributed by atoms with Gasteiger partial charge in [0, 0.05) is 19.0 Å². The first-order valence-corrected chi connectivity index (χ1v) is 8.19. The van der Waals surface area contributed by atoms with E-state index in [9.17, 15) is 8.42 Å². The van der Waals surface area contributed by atoms with E-state index in [1.807, 2.05) is 6.92 Å². The molecule has 0 saturated heterocycles. The number of nitrogens with zero attached hydrogens (tertiary/aromatic N) is 2. The van der Waals surface area contributed by atoms with E-state index in [4.69, 9.17) is 5.26 Å². The second-order valence-corrected chi connectivity index (χ2v) is 6.75. The highest BCUT2D eigenvalue weighted by Crippen LogP contribution is 2.17. The van der Waals surface area contributed by atoms with Gasteiger partial charge in [-0.25, -0.2) is 13.4 Å². The molecule has 2 rings (SSSR count). The first-order valence-electron chi connectivity index (χ1n) is 6.30. The Labute approximate surface area is 124 Å². The zero-order valence-electron chi connectivity index (χ0n) is 11.8. The van der Waals surface area contributed by atoms with E-state index in [1.165, 1.54) is 6.26 Å². The predicted molar refractivity (Wildman–Crippen MR) is 80.6 cm³/mol. The largest absolute Gasteiger partial charge is 0.365 e. The molecule has 0 aliphatic carbocycles. The third-order valence-electron chi connectivity index (χ3n) is 3.08. The van der Waals surface area contributed by atoms with E-state index < -0.39 is 9.84 Å². The zero-order chi connectivity index (χ0) is 15.5. The van der Waals surface area contributed by atoms with Gasteiger partial charge in [0.1, 0.15) is 11.9 Å². The minimum Gasteiger partial charge on any atom is -0.365 e. The molecular formula is C15H15N3O2S. The quantitative estimate of drug-likeness (QED) is 0.936. The second kappa shape index (κ2) is 5.94. The van der Waals surface area contributed by atoms with Gasteiger partial charge in [-0.2, -0.15) is 5.26 Å². The van der Waals surface area contributed by atoms with E-state index in [-0.39, 0.29) is 4.90 Å². The van der Waals surface area contributed by atoms with Gasteiger partial charge in [-0.05, 0) is 36.2 Å². The van der Waals surface area contributed by atoms with Crippen LogP contribution < -0.4 is 5.32 Å². The summed E-state index contributed by atoms with van der Waals surface area (Å²) >= 11 is 0. The average molecular weight is 301 g/mol. The Morgan fingerprint density at radius 3 is 2.48 bits per heavy atom. The molecule has 21 heavy (non-hydrogen) atoms. The van der Waals surface area contributed by atoms with Gasteiger partial charge in [0.25, 0.3) is 0 Å². The van der Waals surface area contributed by atoms with Crippen LogP contribution in [0.2, 0.25) is 0 Å². The number of pyridine rings is 1. The summed E-state index contributed by atoms with van der Waals surface area (Å²) in [5.41, 5.74) is 2.29. The van der Waals surface area contributed by atoms with E-state index in [0.29, 0.717) is 17.9 Å². The van der Waals surface area contributed by atoms with Gasteiger partial charge in [-0.1, -0.05) is 12.1 Å². The molecule has 0 saturated carbocycles. The normalized spacial score (nSPS) is 10.9. The Balaban J connectivity index is 2.15. The number of benzene rings is 1. The van der Waals surface area contributed by atoms with E-state index in [2.05, 4.69) is 16.4 Å². The summed E-state index contributed by atoms with van der Waals surface area (Å²) in [6, 6.07) is 10.5. The van der Waals surface area contributed by atoms with Crippen LogP contribution in [0.5, 0.6) is 0 Å². The lowest BCUT2D eigenvalue weighted by Gasteiger charge is -2.09. The van der Waals surface area contributed by atoms with Crippen molar-refractivity contribution in [2.24, 2.45) is 0 Å². The summed E-state index contributed by atoms with van der Waals surface area (Å²) < 4.78 is 22.8. The Morgan fingerprint density at radius 2 is 1.90 bits per heavy atom. The molecular weight excluding hydrogens is 286 g/mol. The third-order valence-corrected chi connectivity index (χ3v) is 4.21. The van der Waals surface area contributed by atoms with Crippen molar-refractivity contribution in [3.8, 4) is 6.07 Å². The van der Waals surface area contributed by atoms with E-state index in [1.54, 1.807) is 36.5 Å². The average Bonchev–Trinajstić information content (AvgIpc) is 2.44. The van der Waals surface area contributed by atoms with Crippen molar-refractivity contribution in [2.75, 3.05) is 11.6 Å². The lowest BCUT2D eigenvalue weighted by atomic mass is 10.1. The van der Waals surface area contributed by atoms with Crippen LogP contribution in [0.1, 0.15) is 16.7 Å². The Kier molecular flexibility index (Phi) is 4.24. The molecule has 1 N–H and O–H groups in total. The molecule has 0 fully saturated rings. The van der Waals surface area contributed by atoms with Crippen LogP contribution in [-0.2, 0) is 16.4 Å². The third kappa shape index (κ3) is 3.58. The lowest BCUT2D eigenvalue weighted by molar-refractivity contribution is 0.602. The van der Waals surface area contributed by atoms with E-state index in [0.717, 1.165) is 11.1 Å². The molecule has 0 aliphatic heterocycles. The molecule has 0 radical (unpaired) electrons. The molecule has 0 atom stereocenters. The Hall–Kier alpha value is -2.39. The van der Waals surface area contributed by atoms with Gasteiger partial charge >= 0.3 is 0 Å². The molecule has 6 heteroatoms. The van der Waals surface area contributed by atoms with Crippen LogP contribution >= 0.6 is 0 Å². The van der Waals surface area contributed by atoms with Gasteiger partial charge < -0.3 is 5.32 Å². The molecule has 1 heterocycles. The summed E-state index contributed by atoms with van der Waals surface area (Å²) in [7, 11) is -3.18. The topological polar surface area (TPSA) is 82.8 Å². The maximum Gasteiger partial charge on any atom is 0.175 e. The second-order valence-electron chi connectivity index (χ2n) is 4.73. The summed E-state index contributed by atoms with van der Waals surface area (Å²) in [4.78, 5) is 4.44. The first kappa shape index (κ1) is 15.0. The number of hydrogen-bond acceptors (Lipinski definition) is 5. The van der Waals surface area contributed by atoms with Crippen LogP contribution in [0.3, 0.4) is 0 Å². The number of sulfone groups is 1. The number of nitriles is 1. The highest BCUT2D eigenvalue weighted by molar-refractivity contribution is 7.90. The minimum absolute atomic E-state index is 0.289. The van der Waals surface area contributed by atoms with Gasteiger partial charge in [0.2, 0.25) is 0 Å². The standard InChI is InChI=1S/C15H15N3O2S/c1-11-7-8-17-15(14(11)9-16)18-10-12-3-5-13(6-4-12)21(2,19)20/h3-8H,10H2,1-2H3,(H,17,18). The number of rotatable bonds is 4. The summed E-state index contributed by atoms with van der Waals surface area (Å²) in [5, 5.41) is 12.2. The Bertz CT molecular complexity index is 791.